The topological polar surface area (TPSA) is 95.7 Å². The SMILES string of the molecule is CN1CC(=O)Nc2ccc(C(N)CCC(=O)O)cc21. The van der Waals surface area contributed by atoms with E-state index >= 15 is 0 Å². The van der Waals surface area contributed by atoms with Gasteiger partial charge in [0.05, 0.1) is 17.9 Å². The fourth-order valence-electron chi connectivity index (χ4n) is 2.14. The number of nitrogens with zero attached hydrogens (tertiary/aromatic N) is 1. The van der Waals surface area contributed by atoms with Gasteiger partial charge in [-0.1, -0.05) is 6.07 Å². The molecule has 0 radical (unpaired) electrons. The van der Waals surface area contributed by atoms with Crippen molar-refractivity contribution in [3.8, 4) is 0 Å². The molecule has 1 unspecified atom stereocenters. The van der Waals surface area contributed by atoms with Crippen LogP contribution in [0.4, 0.5) is 11.4 Å². The van der Waals surface area contributed by atoms with Crippen LogP contribution in [-0.4, -0.2) is 30.6 Å². The fraction of sp³-hybridized carbons (Fsp3) is 0.385. The number of carbonyl (C=O) groups excluding carboxylic acids is 1. The van der Waals surface area contributed by atoms with Crippen LogP contribution in [0.2, 0.25) is 0 Å². The predicted molar refractivity (Wildman–Crippen MR) is 72.1 cm³/mol. The second kappa shape index (κ2) is 5.27. The number of nitrogens with two attached hydrogens (primary N) is 1. The minimum atomic E-state index is -0.849. The van der Waals surface area contributed by atoms with E-state index in [0.717, 1.165) is 16.9 Å². The van der Waals surface area contributed by atoms with Gasteiger partial charge >= 0.3 is 5.97 Å². The number of benzene rings is 1. The third-order valence-corrected chi connectivity index (χ3v) is 3.19. The summed E-state index contributed by atoms with van der Waals surface area (Å²) in [6.07, 6.45) is 0.440. The molecule has 0 spiro atoms. The summed E-state index contributed by atoms with van der Waals surface area (Å²) < 4.78 is 0. The smallest absolute Gasteiger partial charge is 0.303 e. The van der Waals surface area contributed by atoms with E-state index < -0.39 is 5.97 Å². The van der Waals surface area contributed by atoms with Crippen LogP contribution < -0.4 is 16.0 Å². The number of fused-ring (bicyclic) bond motifs is 1. The highest BCUT2D eigenvalue weighted by Gasteiger charge is 2.20. The molecule has 1 aromatic rings. The van der Waals surface area contributed by atoms with Gasteiger partial charge in [0.25, 0.3) is 0 Å². The van der Waals surface area contributed by atoms with Crippen LogP contribution in [0, 0.1) is 0 Å². The Hall–Kier alpha value is -2.08. The Labute approximate surface area is 111 Å². The summed E-state index contributed by atoms with van der Waals surface area (Å²) in [6.45, 7) is 0.306. The first-order valence-corrected chi connectivity index (χ1v) is 6.09. The van der Waals surface area contributed by atoms with Crippen molar-refractivity contribution in [1.82, 2.24) is 0 Å². The molecule has 0 aromatic heterocycles. The molecule has 4 N–H and O–H groups in total. The van der Waals surface area contributed by atoms with Crippen molar-refractivity contribution in [3.63, 3.8) is 0 Å². The quantitative estimate of drug-likeness (QED) is 0.751. The summed E-state index contributed by atoms with van der Waals surface area (Å²) in [5.41, 5.74) is 8.52. The normalized spacial score (nSPS) is 15.7. The summed E-state index contributed by atoms with van der Waals surface area (Å²) >= 11 is 0. The molecular weight excluding hydrogens is 246 g/mol. The molecule has 0 aliphatic carbocycles. The van der Waals surface area contributed by atoms with E-state index in [4.69, 9.17) is 10.8 Å². The summed E-state index contributed by atoms with van der Waals surface area (Å²) in [4.78, 5) is 23.8. The van der Waals surface area contributed by atoms with Crippen molar-refractivity contribution in [2.45, 2.75) is 18.9 Å². The second-order valence-electron chi connectivity index (χ2n) is 4.72. The van der Waals surface area contributed by atoms with Crippen LogP contribution in [0.5, 0.6) is 0 Å². The van der Waals surface area contributed by atoms with E-state index in [1.165, 1.54) is 0 Å². The number of carboxylic acids is 1. The van der Waals surface area contributed by atoms with Crippen LogP contribution in [0.25, 0.3) is 0 Å². The molecule has 1 aliphatic heterocycles. The molecule has 1 amide bonds. The Balaban J connectivity index is 2.18. The number of hydrogen-bond acceptors (Lipinski definition) is 4. The van der Waals surface area contributed by atoms with E-state index in [1.807, 2.05) is 24.1 Å². The molecule has 6 nitrogen and oxygen atoms in total. The minimum absolute atomic E-state index is 0.0436. The Morgan fingerprint density at radius 3 is 3.00 bits per heavy atom. The standard InChI is InChI=1S/C13H17N3O3/c1-16-7-12(17)15-10-4-2-8(6-11(10)16)9(14)3-5-13(18)19/h2,4,6,9H,3,5,7,14H2,1H3,(H,15,17)(H,18,19). The first kappa shape index (κ1) is 13.4. The van der Waals surface area contributed by atoms with Gasteiger partial charge in [-0.2, -0.15) is 0 Å². The zero-order valence-corrected chi connectivity index (χ0v) is 10.7. The predicted octanol–water partition coefficient (Wildman–Crippen LogP) is 0.939. The minimum Gasteiger partial charge on any atom is -0.481 e. The Morgan fingerprint density at radius 1 is 1.58 bits per heavy atom. The largest absolute Gasteiger partial charge is 0.481 e. The number of aliphatic carboxylic acids is 1. The second-order valence-corrected chi connectivity index (χ2v) is 4.72. The van der Waals surface area contributed by atoms with Gasteiger partial charge in [0.15, 0.2) is 0 Å². The summed E-state index contributed by atoms with van der Waals surface area (Å²) in [7, 11) is 1.84. The molecule has 0 saturated heterocycles. The maximum atomic E-state index is 11.4. The molecule has 0 saturated carbocycles. The number of carboxylic acid groups (broad SMARTS) is 1. The van der Waals surface area contributed by atoms with E-state index in [1.54, 1.807) is 6.07 Å². The van der Waals surface area contributed by atoms with E-state index in [-0.39, 0.29) is 18.4 Å². The lowest BCUT2D eigenvalue weighted by Crippen LogP contribution is -2.35. The molecule has 1 heterocycles. The lowest BCUT2D eigenvalue weighted by Gasteiger charge is -2.28. The molecule has 19 heavy (non-hydrogen) atoms. The van der Waals surface area contributed by atoms with Crippen molar-refractivity contribution < 1.29 is 14.7 Å². The third-order valence-electron chi connectivity index (χ3n) is 3.19. The Kier molecular flexibility index (Phi) is 3.71. The van der Waals surface area contributed by atoms with Crippen LogP contribution in [0.1, 0.15) is 24.4 Å². The number of nitrogens with one attached hydrogen (secondary N) is 1. The molecule has 1 aliphatic rings. The number of anilines is 2. The maximum absolute atomic E-state index is 11.4. The number of carbonyl (C=O) groups is 2. The van der Waals surface area contributed by atoms with E-state index in [0.29, 0.717) is 13.0 Å². The van der Waals surface area contributed by atoms with Gasteiger partial charge in [-0.15, -0.1) is 0 Å². The van der Waals surface area contributed by atoms with Crippen molar-refractivity contribution >= 4 is 23.3 Å². The molecule has 0 bridgehead atoms. The Morgan fingerprint density at radius 2 is 2.32 bits per heavy atom. The maximum Gasteiger partial charge on any atom is 0.303 e. The van der Waals surface area contributed by atoms with Crippen LogP contribution in [0.15, 0.2) is 18.2 Å². The fourth-order valence-corrected chi connectivity index (χ4v) is 2.14. The Bertz CT molecular complexity index is 516. The molecule has 102 valence electrons. The number of rotatable bonds is 4. The number of amides is 1. The first-order valence-electron chi connectivity index (χ1n) is 6.09. The van der Waals surface area contributed by atoms with E-state index in [2.05, 4.69) is 5.32 Å². The van der Waals surface area contributed by atoms with Gasteiger partial charge < -0.3 is 21.1 Å². The van der Waals surface area contributed by atoms with Gasteiger partial charge in [0.1, 0.15) is 0 Å². The van der Waals surface area contributed by atoms with Crippen molar-refractivity contribution in [2.75, 3.05) is 23.8 Å². The molecule has 0 fully saturated rings. The molecule has 6 heteroatoms. The number of likely N-dealkylation sites (N-methyl/N-ethyl adjacent to an activating group) is 1. The van der Waals surface area contributed by atoms with Crippen LogP contribution in [-0.2, 0) is 9.59 Å². The van der Waals surface area contributed by atoms with Gasteiger partial charge in [-0.05, 0) is 24.1 Å². The third kappa shape index (κ3) is 3.03. The molecule has 1 aromatic carbocycles. The van der Waals surface area contributed by atoms with Gasteiger partial charge in [0.2, 0.25) is 5.91 Å². The summed E-state index contributed by atoms with van der Waals surface area (Å²) in [5, 5.41) is 11.5. The van der Waals surface area contributed by atoms with Crippen LogP contribution in [0.3, 0.4) is 0 Å². The van der Waals surface area contributed by atoms with Crippen molar-refractivity contribution in [1.29, 1.82) is 0 Å². The van der Waals surface area contributed by atoms with Crippen LogP contribution >= 0.6 is 0 Å². The molecule has 1 atom stereocenters. The highest BCUT2D eigenvalue weighted by atomic mass is 16.4. The highest BCUT2D eigenvalue weighted by molar-refractivity contribution is 6.01. The van der Waals surface area contributed by atoms with Crippen molar-refractivity contribution in [2.24, 2.45) is 5.73 Å². The van der Waals surface area contributed by atoms with Gasteiger partial charge in [-0.3, -0.25) is 9.59 Å². The highest BCUT2D eigenvalue weighted by Crippen LogP contribution is 2.31. The zero-order chi connectivity index (χ0) is 14.0. The summed E-state index contributed by atoms with van der Waals surface area (Å²) in [6, 6.07) is 5.22. The monoisotopic (exact) mass is 263 g/mol. The first-order chi connectivity index (χ1) is 8.97. The number of hydrogen-bond donors (Lipinski definition) is 3. The van der Waals surface area contributed by atoms with E-state index in [9.17, 15) is 9.59 Å². The van der Waals surface area contributed by atoms with Gasteiger partial charge in [0, 0.05) is 19.5 Å². The lowest BCUT2D eigenvalue weighted by molar-refractivity contribution is -0.137. The molecular formula is C13H17N3O3. The summed E-state index contributed by atoms with van der Waals surface area (Å²) in [5.74, 6) is -0.893. The lowest BCUT2D eigenvalue weighted by atomic mass is 10.0. The average Bonchev–Trinajstić information content (AvgIpc) is 2.35. The molecule has 2 rings (SSSR count). The average molecular weight is 263 g/mol. The van der Waals surface area contributed by atoms with Crippen molar-refractivity contribution in [3.05, 3.63) is 23.8 Å². The zero-order valence-electron chi connectivity index (χ0n) is 10.7. The van der Waals surface area contributed by atoms with Gasteiger partial charge in [-0.25, -0.2) is 0 Å².